The highest BCUT2D eigenvalue weighted by atomic mass is 16.5. The van der Waals surface area contributed by atoms with Gasteiger partial charge in [0, 0.05) is 13.0 Å². The molecule has 0 spiro atoms. The zero-order chi connectivity index (χ0) is 20.4. The Kier molecular flexibility index (Phi) is 5.20. The standard InChI is InChI=1S/C22H23N3O4/c1-29-16-10-8-15(9-11-16)20(14-6-7-14)23-19(26)12-13-25-18-5-3-2-4-17(18)21(27)24-22(25)28/h2-5,8-11,14,20H,6-7,12-13H2,1H3,(H,23,26)(H,24,27,28). The minimum atomic E-state index is -0.504. The van der Waals surface area contributed by atoms with Crippen LogP contribution in [0.5, 0.6) is 5.75 Å². The monoisotopic (exact) mass is 393 g/mol. The molecule has 4 rings (SSSR count). The van der Waals surface area contributed by atoms with E-state index in [1.807, 2.05) is 24.3 Å². The van der Waals surface area contributed by atoms with E-state index in [0.717, 1.165) is 24.2 Å². The number of hydrogen-bond donors (Lipinski definition) is 2. The summed E-state index contributed by atoms with van der Waals surface area (Å²) in [6, 6.07) is 14.6. The van der Waals surface area contributed by atoms with Crippen molar-refractivity contribution < 1.29 is 9.53 Å². The number of ether oxygens (including phenoxy) is 1. The maximum Gasteiger partial charge on any atom is 0.328 e. The van der Waals surface area contributed by atoms with Crippen LogP contribution in [0.15, 0.2) is 58.1 Å². The van der Waals surface area contributed by atoms with Crippen LogP contribution in [0.4, 0.5) is 0 Å². The smallest absolute Gasteiger partial charge is 0.328 e. The Morgan fingerprint density at radius 2 is 1.90 bits per heavy atom. The van der Waals surface area contributed by atoms with Gasteiger partial charge in [-0.25, -0.2) is 4.79 Å². The molecule has 7 heteroatoms. The van der Waals surface area contributed by atoms with E-state index < -0.39 is 11.2 Å². The third-order valence-electron chi connectivity index (χ3n) is 5.35. The lowest BCUT2D eigenvalue weighted by atomic mass is 10.0. The summed E-state index contributed by atoms with van der Waals surface area (Å²) in [4.78, 5) is 39.2. The number of H-pyrrole nitrogens is 1. The third kappa shape index (κ3) is 4.08. The Morgan fingerprint density at radius 1 is 1.17 bits per heavy atom. The van der Waals surface area contributed by atoms with Crippen molar-refractivity contribution in [2.75, 3.05) is 7.11 Å². The number of aromatic amines is 1. The molecule has 0 radical (unpaired) electrons. The molecule has 1 aliphatic rings. The summed E-state index contributed by atoms with van der Waals surface area (Å²) < 4.78 is 6.64. The van der Waals surface area contributed by atoms with Gasteiger partial charge in [0.15, 0.2) is 0 Å². The lowest BCUT2D eigenvalue weighted by molar-refractivity contribution is -0.122. The number of aromatic nitrogens is 2. The van der Waals surface area contributed by atoms with Crippen LogP contribution >= 0.6 is 0 Å². The first-order valence-corrected chi connectivity index (χ1v) is 9.72. The van der Waals surface area contributed by atoms with Crippen molar-refractivity contribution in [3.8, 4) is 5.75 Å². The predicted octanol–water partition coefficient (Wildman–Crippen LogP) is 2.36. The highest BCUT2D eigenvalue weighted by Gasteiger charge is 2.33. The second-order valence-electron chi connectivity index (χ2n) is 7.33. The number of nitrogens with one attached hydrogen (secondary N) is 2. The molecular formula is C22H23N3O4. The summed E-state index contributed by atoms with van der Waals surface area (Å²) in [6.07, 6.45) is 2.32. The number of carbonyl (C=O) groups excluding carboxylic acids is 1. The number of para-hydroxylation sites is 1. The van der Waals surface area contributed by atoms with E-state index in [4.69, 9.17) is 4.74 Å². The number of hydrogen-bond acceptors (Lipinski definition) is 4. The van der Waals surface area contributed by atoms with Gasteiger partial charge in [-0.05, 0) is 48.6 Å². The molecule has 2 N–H and O–H groups in total. The van der Waals surface area contributed by atoms with Crippen molar-refractivity contribution >= 4 is 16.8 Å². The molecule has 150 valence electrons. The van der Waals surface area contributed by atoms with Gasteiger partial charge in [0.2, 0.25) is 5.91 Å². The predicted molar refractivity (Wildman–Crippen MR) is 110 cm³/mol. The molecule has 0 aliphatic heterocycles. The molecule has 0 bridgehead atoms. The molecule has 1 saturated carbocycles. The fourth-order valence-electron chi connectivity index (χ4n) is 3.64. The number of nitrogens with zero attached hydrogens (tertiary/aromatic N) is 1. The first kappa shape index (κ1) is 19.0. The molecule has 1 heterocycles. The largest absolute Gasteiger partial charge is 0.497 e. The Bertz CT molecular complexity index is 1140. The van der Waals surface area contributed by atoms with Crippen LogP contribution in [0, 0.1) is 5.92 Å². The molecule has 29 heavy (non-hydrogen) atoms. The molecule has 1 unspecified atom stereocenters. The first-order valence-electron chi connectivity index (χ1n) is 9.72. The summed E-state index contributed by atoms with van der Waals surface area (Å²) in [7, 11) is 1.62. The van der Waals surface area contributed by atoms with Crippen molar-refractivity contribution in [3.05, 3.63) is 74.9 Å². The molecule has 0 saturated heterocycles. The van der Waals surface area contributed by atoms with Gasteiger partial charge in [-0.2, -0.15) is 0 Å². The molecule has 1 atom stereocenters. The molecular weight excluding hydrogens is 370 g/mol. The lowest BCUT2D eigenvalue weighted by Gasteiger charge is -2.19. The number of rotatable bonds is 7. The summed E-state index contributed by atoms with van der Waals surface area (Å²) >= 11 is 0. The van der Waals surface area contributed by atoms with E-state index in [0.29, 0.717) is 16.8 Å². The normalized spacial score (nSPS) is 14.5. The van der Waals surface area contributed by atoms with Crippen molar-refractivity contribution in [1.82, 2.24) is 14.9 Å². The second kappa shape index (κ2) is 7.95. The van der Waals surface area contributed by atoms with E-state index in [1.165, 1.54) is 4.57 Å². The van der Waals surface area contributed by atoms with Crippen LogP contribution in [0.25, 0.3) is 10.9 Å². The van der Waals surface area contributed by atoms with E-state index >= 15 is 0 Å². The summed E-state index contributed by atoms with van der Waals surface area (Å²) in [5, 5.41) is 3.55. The van der Waals surface area contributed by atoms with Crippen molar-refractivity contribution in [2.24, 2.45) is 5.92 Å². The average Bonchev–Trinajstić information content (AvgIpc) is 3.57. The number of methoxy groups -OCH3 is 1. The highest BCUT2D eigenvalue weighted by molar-refractivity contribution is 5.79. The van der Waals surface area contributed by atoms with Crippen molar-refractivity contribution in [1.29, 1.82) is 0 Å². The average molecular weight is 393 g/mol. The molecule has 1 aliphatic carbocycles. The van der Waals surface area contributed by atoms with E-state index in [1.54, 1.807) is 31.4 Å². The lowest BCUT2D eigenvalue weighted by Crippen LogP contribution is -2.34. The molecule has 2 aromatic carbocycles. The highest BCUT2D eigenvalue weighted by Crippen LogP contribution is 2.41. The van der Waals surface area contributed by atoms with E-state index in [-0.39, 0.29) is 24.9 Å². The maximum absolute atomic E-state index is 12.6. The quantitative estimate of drug-likeness (QED) is 0.644. The van der Waals surface area contributed by atoms with Crippen molar-refractivity contribution in [3.63, 3.8) is 0 Å². The fraction of sp³-hybridized carbons (Fsp3) is 0.318. The van der Waals surface area contributed by atoms with Crippen LogP contribution in [0.2, 0.25) is 0 Å². The molecule has 1 aromatic heterocycles. The van der Waals surface area contributed by atoms with Gasteiger partial charge in [0.05, 0.1) is 24.1 Å². The molecule has 7 nitrogen and oxygen atoms in total. The number of carbonyl (C=O) groups is 1. The number of aryl methyl sites for hydroxylation is 1. The SMILES string of the molecule is COc1ccc(C(NC(=O)CCn2c(=O)[nH]c(=O)c3ccccc32)C2CC2)cc1. The van der Waals surface area contributed by atoms with Gasteiger partial charge in [-0.3, -0.25) is 19.1 Å². The van der Waals surface area contributed by atoms with E-state index in [2.05, 4.69) is 10.3 Å². The number of benzene rings is 2. The maximum atomic E-state index is 12.6. The topological polar surface area (TPSA) is 93.2 Å². The number of fused-ring (bicyclic) bond motifs is 1. The molecule has 1 fully saturated rings. The Balaban J connectivity index is 1.49. The van der Waals surface area contributed by atoms with Crippen LogP contribution in [-0.4, -0.2) is 22.6 Å². The minimum absolute atomic E-state index is 0.0440. The minimum Gasteiger partial charge on any atom is -0.497 e. The van der Waals surface area contributed by atoms with Crippen molar-refractivity contribution in [2.45, 2.75) is 31.8 Å². The third-order valence-corrected chi connectivity index (χ3v) is 5.35. The Morgan fingerprint density at radius 3 is 2.59 bits per heavy atom. The zero-order valence-corrected chi connectivity index (χ0v) is 16.2. The number of amides is 1. The van der Waals surface area contributed by atoms with Gasteiger partial charge in [-0.15, -0.1) is 0 Å². The molecule has 1 amide bonds. The molecule has 3 aromatic rings. The van der Waals surface area contributed by atoms with Crippen LogP contribution in [-0.2, 0) is 11.3 Å². The Labute approximate surface area is 167 Å². The van der Waals surface area contributed by atoms with Gasteiger partial charge >= 0.3 is 5.69 Å². The second-order valence-corrected chi connectivity index (χ2v) is 7.33. The van der Waals surface area contributed by atoms with Gasteiger partial charge in [0.1, 0.15) is 5.75 Å². The van der Waals surface area contributed by atoms with Gasteiger partial charge < -0.3 is 10.1 Å². The van der Waals surface area contributed by atoms with Gasteiger partial charge in [-0.1, -0.05) is 24.3 Å². The summed E-state index contributed by atoms with van der Waals surface area (Å²) in [6.45, 7) is 0.196. The van der Waals surface area contributed by atoms with E-state index in [9.17, 15) is 14.4 Å². The Hall–Kier alpha value is -3.35. The van der Waals surface area contributed by atoms with Crippen LogP contribution in [0.1, 0.15) is 30.9 Å². The zero-order valence-electron chi connectivity index (χ0n) is 16.2. The van der Waals surface area contributed by atoms with Crippen LogP contribution < -0.4 is 21.3 Å². The summed E-state index contributed by atoms with van der Waals surface area (Å²) in [5.41, 5.74) is 0.659. The fourth-order valence-corrected chi connectivity index (χ4v) is 3.64. The first-order chi connectivity index (χ1) is 14.1. The summed E-state index contributed by atoms with van der Waals surface area (Å²) in [5.74, 6) is 1.09. The van der Waals surface area contributed by atoms with Gasteiger partial charge in [0.25, 0.3) is 5.56 Å². The van der Waals surface area contributed by atoms with Crippen LogP contribution in [0.3, 0.4) is 0 Å².